The summed E-state index contributed by atoms with van der Waals surface area (Å²) in [6, 6.07) is 0.151. The van der Waals surface area contributed by atoms with Gasteiger partial charge in [0.15, 0.2) is 0 Å². The Kier molecular flexibility index (Phi) is 6.38. The SMILES string of the molecule is CCCCC[C@H]1C(C(=O)OCC)C(=O)C[C@@H]2C[C@H](C)OCN21. The summed E-state index contributed by atoms with van der Waals surface area (Å²) in [6.07, 6.45) is 5.63. The number of unbranched alkanes of at least 4 members (excludes halogenated alkanes) is 2. The number of hydrogen-bond donors (Lipinski definition) is 0. The van der Waals surface area contributed by atoms with Crippen LogP contribution in [0.2, 0.25) is 0 Å². The van der Waals surface area contributed by atoms with Gasteiger partial charge < -0.3 is 9.47 Å². The molecule has 2 rings (SSSR count). The highest BCUT2D eigenvalue weighted by atomic mass is 16.5. The first-order chi connectivity index (χ1) is 10.6. The van der Waals surface area contributed by atoms with Crippen molar-refractivity contribution < 1.29 is 19.1 Å². The van der Waals surface area contributed by atoms with E-state index >= 15 is 0 Å². The number of ketones is 1. The van der Waals surface area contributed by atoms with Gasteiger partial charge in [0, 0.05) is 18.5 Å². The zero-order valence-electron chi connectivity index (χ0n) is 14.0. The highest BCUT2D eigenvalue weighted by Crippen LogP contribution is 2.34. The predicted octanol–water partition coefficient (Wildman–Crippen LogP) is 2.52. The quantitative estimate of drug-likeness (QED) is 0.428. The van der Waals surface area contributed by atoms with Gasteiger partial charge in [0.05, 0.1) is 19.4 Å². The molecule has 0 aromatic rings. The van der Waals surface area contributed by atoms with Gasteiger partial charge in [-0.1, -0.05) is 26.2 Å². The van der Waals surface area contributed by atoms with Crippen molar-refractivity contribution >= 4 is 11.8 Å². The van der Waals surface area contributed by atoms with Gasteiger partial charge in [-0.2, -0.15) is 0 Å². The Morgan fingerprint density at radius 1 is 1.36 bits per heavy atom. The van der Waals surface area contributed by atoms with Gasteiger partial charge >= 0.3 is 5.97 Å². The summed E-state index contributed by atoms with van der Waals surface area (Å²) in [4.78, 5) is 27.1. The molecule has 0 aromatic heterocycles. The van der Waals surface area contributed by atoms with Crippen LogP contribution >= 0.6 is 0 Å². The van der Waals surface area contributed by atoms with E-state index in [9.17, 15) is 9.59 Å². The molecule has 0 aliphatic carbocycles. The third-order valence-electron chi connectivity index (χ3n) is 4.82. The molecule has 0 aromatic carbocycles. The fourth-order valence-corrected chi connectivity index (χ4v) is 3.69. The molecule has 5 heteroatoms. The van der Waals surface area contributed by atoms with Gasteiger partial charge in [0.2, 0.25) is 0 Å². The average molecular weight is 311 g/mol. The lowest BCUT2D eigenvalue weighted by molar-refractivity contribution is -0.171. The van der Waals surface area contributed by atoms with Crippen LogP contribution in [0.1, 0.15) is 59.3 Å². The molecule has 126 valence electrons. The van der Waals surface area contributed by atoms with Crippen LogP contribution in [0.4, 0.5) is 0 Å². The summed E-state index contributed by atoms with van der Waals surface area (Å²) in [6.45, 7) is 6.83. The lowest BCUT2D eigenvalue weighted by Crippen LogP contribution is -2.60. The second kappa shape index (κ2) is 8.06. The molecule has 1 unspecified atom stereocenters. The van der Waals surface area contributed by atoms with Crippen molar-refractivity contribution in [1.82, 2.24) is 4.90 Å². The van der Waals surface area contributed by atoms with E-state index < -0.39 is 5.92 Å². The molecule has 5 nitrogen and oxygen atoms in total. The van der Waals surface area contributed by atoms with E-state index in [1.165, 1.54) is 0 Å². The largest absolute Gasteiger partial charge is 0.465 e. The maximum atomic E-state index is 12.5. The minimum Gasteiger partial charge on any atom is -0.465 e. The molecule has 2 saturated heterocycles. The van der Waals surface area contributed by atoms with Crippen molar-refractivity contribution in [2.24, 2.45) is 5.92 Å². The minimum absolute atomic E-state index is 0.0512. The summed E-state index contributed by atoms with van der Waals surface area (Å²) in [5.41, 5.74) is 0. The fourth-order valence-electron chi connectivity index (χ4n) is 3.69. The number of ether oxygens (including phenoxy) is 2. The van der Waals surface area contributed by atoms with Crippen LogP contribution < -0.4 is 0 Å². The molecule has 4 atom stereocenters. The first-order valence-corrected chi connectivity index (χ1v) is 8.65. The van der Waals surface area contributed by atoms with Gasteiger partial charge in [-0.05, 0) is 26.7 Å². The molecular weight excluding hydrogens is 282 g/mol. The summed E-state index contributed by atoms with van der Waals surface area (Å²) in [5.74, 6) is -0.938. The van der Waals surface area contributed by atoms with Crippen LogP contribution in [-0.4, -0.2) is 48.2 Å². The predicted molar refractivity (Wildman–Crippen MR) is 83.3 cm³/mol. The average Bonchev–Trinajstić information content (AvgIpc) is 2.46. The van der Waals surface area contributed by atoms with E-state index in [-0.39, 0.29) is 29.9 Å². The highest BCUT2D eigenvalue weighted by molar-refractivity contribution is 6.00. The number of carbonyl (C=O) groups is 2. The van der Waals surface area contributed by atoms with Gasteiger partial charge in [0.1, 0.15) is 11.7 Å². The summed E-state index contributed by atoms with van der Waals surface area (Å²) in [7, 11) is 0. The molecule has 0 amide bonds. The van der Waals surface area contributed by atoms with E-state index in [0.717, 1.165) is 32.1 Å². The number of esters is 1. The maximum absolute atomic E-state index is 12.5. The third-order valence-corrected chi connectivity index (χ3v) is 4.82. The van der Waals surface area contributed by atoms with Gasteiger partial charge in [-0.25, -0.2) is 0 Å². The number of Topliss-reactive ketones (excluding diaryl/α,β-unsaturated/α-hetero) is 1. The summed E-state index contributed by atoms with van der Waals surface area (Å²) >= 11 is 0. The topological polar surface area (TPSA) is 55.8 Å². The number of hydrogen-bond acceptors (Lipinski definition) is 5. The molecular formula is C17H29NO4. The first kappa shape index (κ1) is 17.4. The standard InChI is InChI=1S/C17H29NO4/c1-4-6-7-8-14-16(17(20)21-5-2)15(19)10-13-9-12(3)22-11-18(13)14/h12-14,16H,4-11H2,1-3H3/t12-,13-,14-,16?/m0/s1. The van der Waals surface area contributed by atoms with E-state index in [2.05, 4.69) is 11.8 Å². The van der Waals surface area contributed by atoms with E-state index in [0.29, 0.717) is 19.8 Å². The van der Waals surface area contributed by atoms with E-state index in [4.69, 9.17) is 9.47 Å². The van der Waals surface area contributed by atoms with Gasteiger partial charge in [0.25, 0.3) is 0 Å². The Labute approximate surface area is 133 Å². The number of rotatable bonds is 6. The van der Waals surface area contributed by atoms with E-state index in [1.807, 2.05) is 6.92 Å². The number of nitrogens with zero attached hydrogens (tertiary/aromatic N) is 1. The van der Waals surface area contributed by atoms with Crippen LogP contribution in [0.15, 0.2) is 0 Å². The fraction of sp³-hybridized carbons (Fsp3) is 0.882. The molecule has 0 radical (unpaired) electrons. The molecule has 2 fully saturated rings. The van der Waals surface area contributed by atoms with Crippen LogP contribution in [-0.2, 0) is 19.1 Å². The van der Waals surface area contributed by atoms with Gasteiger partial charge in [-0.15, -0.1) is 0 Å². The van der Waals surface area contributed by atoms with Crippen molar-refractivity contribution in [3.05, 3.63) is 0 Å². The zero-order chi connectivity index (χ0) is 16.1. The van der Waals surface area contributed by atoms with Crippen LogP contribution in [0, 0.1) is 5.92 Å². The Hall–Kier alpha value is -0.940. The summed E-state index contributed by atoms with van der Waals surface area (Å²) in [5, 5.41) is 0. The van der Waals surface area contributed by atoms with Crippen LogP contribution in [0.3, 0.4) is 0 Å². The molecule has 0 bridgehead atoms. The minimum atomic E-state index is -0.634. The molecule has 0 saturated carbocycles. The molecule has 22 heavy (non-hydrogen) atoms. The summed E-state index contributed by atoms with van der Waals surface area (Å²) < 4.78 is 10.9. The van der Waals surface area contributed by atoms with Gasteiger partial charge in [-0.3, -0.25) is 14.5 Å². The monoisotopic (exact) mass is 311 g/mol. The molecule has 2 aliphatic heterocycles. The van der Waals surface area contributed by atoms with Crippen molar-refractivity contribution in [2.75, 3.05) is 13.3 Å². The lowest BCUT2D eigenvalue weighted by atomic mass is 9.80. The molecule has 2 heterocycles. The van der Waals surface area contributed by atoms with Crippen molar-refractivity contribution in [3.8, 4) is 0 Å². The lowest BCUT2D eigenvalue weighted by Gasteiger charge is -2.48. The van der Waals surface area contributed by atoms with Crippen molar-refractivity contribution in [2.45, 2.75) is 77.5 Å². The second-order valence-corrected chi connectivity index (χ2v) is 6.47. The number of carbonyl (C=O) groups excluding carboxylic acids is 2. The zero-order valence-corrected chi connectivity index (χ0v) is 14.0. The van der Waals surface area contributed by atoms with Crippen LogP contribution in [0.25, 0.3) is 0 Å². The Morgan fingerprint density at radius 2 is 2.14 bits per heavy atom. The van der Waals surface area contributed by atoms with Crippen molar-refractivity contribution in [3.63, 3.8) is 0 Å². The van der Waals surface area contributed by atoms with Crippen LogP contribution in [0.5, 0.6) is 0 Å². The molecule has 0 N–H and O–H groups in total. The molecule has 0 spiro atoms. The Balaban J connectivity index is 2.15. The number of piperidine rings is 1. The van der Waals surface area contributed by atoms with Crippen molar-refractivity contribution in [1.29, 1.82) is 0 Å². The second-order valence-electron chi connectivity index (χ2n) is 6.47. The Morgan fingerprint density at radius 3 is 2.82 bits per heavy atom. The molecule has 2 aliphatic rings. The van der Waals surface area contributed by atoms with E-state index in [1.54, 1.807) is 6.92 Å². The third kappa shape index (κ3) is 3.87. The highest BCUT2D eigenvalue weighted by Gasteiger charge is 2.47. The smallest absolute Gasteiger partial charge is 0.318 e. The Bertz CT molecular complexity index is 398. The first-order valence-electron chi connectivity index (χ1n) is 8.65. The number of fused-ring (bicyclic) bond motifs is 1. The normalized spacial score (nSPS) is 32.6. The maximum Gasteiger partial charge on any atom is 0.318 e.